The van der Waals surface area contributed by atoms with Crippen molar-refractivity contribution in [3.05, 3.63) is 48.2 Å². The maximum atomic E-state index is 12.6. The average Bonchev–Trinajstić information content (AvgIpc) is 3.08. The van der Waals surface area contributed by atoms with Crippen LogP contribution in [0.5, 0.6) is 0 Å². The molecule has 0 aliphatic carbocycles. The first kappa shape index (κ1) is 16.3. The number of hydrogen-bond acceptors (Lipinski definition) is 4. The molecule has 6 heteroatoms. The van der Waals surface area contributed by atoms with Crippen molar-refractivity contribution in [1.82, 2.24) is 4.90 Å². The monoisotopic (exact) mass is 327 g/mol. The molecule has 2 aromatic rings. The Balaban J connectivity index is 1.63. The van der Waals surface area contributed by atoms with Crippen molar-refractivity contribution in [1.29, 1.82) is 0 Å². The Kier molecular flexibility index (Phi) is 4.96. The molecule has 1 aliphatic rings. The van der Waals surface area contributed by atoms with Gasteiger partial charge < -0.3 is 14.6 Å². The fourth-order valence-electron chi connectivity index (χ4n) is 2.88. The predicted molar refractivity (Wildman–Crippen MR) is 92.3 cm³/mol. The Morgan fingerprint density at radius 2 is 1.92 bits per heavy atom. The Labute approximate surface area is 140 Å². The van der Waals surface area contributed by atoms with Crippen molar-refractivity contribution in [2.75, 3.05) is 30.8 Å². The number of nitrogens with zero attached hydrogens (tertiary/aromatic N) is 1. The molecule has 6 nitrogen and oxygen atoms in total. The van der Waals surface area contributed by atoms with Crippen molar-refractivity contribution in [2.45, 2.75) is 12.8 Å². The summed E-state index contributed by atoms with van der Waals surface area (Å²) in [7, 11) is 2.07. The number of anilines is 2. The summed E-state index contributed by atoms with van der Waals surface area (Å²) < 4.78 is 5.06. The lowest BCUT2D eigenvalue weighted by Gasteiger charge is -2.28. The summed E-state index contributed by atoms with van der Waals surface area (Å²) in [6, 6.07) is 10.0. The van der Waals surface area contributed by atoms with Crippen molar-refractivity contribution in [3.63, 3.8) is 0 Å². The fraction of sp³-hybridized carbons (Fsp3) is 0.333. The van der Waals surface area contributed by atoms with Gasteiger partial charge in [-0.25, -0.2) is 4.79 Å². The van der Waals surface area contributed by atoms with E-state index < -0.39 is 6.03 Å². The molecule has 2 heterocycles. The lowest BCUT2D eigenvalue weighted by Crippen LogP contribution is -2.33. The molecule has 2 amide bonds. The number of amides is 2. The van der Waals surface area contributed by atoms with Crippen LogP contribution >= 0.6 is 0 Å². The molecule has 1 aromatic heterocycles. The number of carbonyl (C=O) groups is 2. The zero-order chi connectivity index (χ0) is 16.9. The van der Waals surface area contributed by atoms with Gasteiger partial charge in [-0.15, -0.1) is 0 Å². The number of Topliss-reactive ketones (excluding diaryl/α,β-unsaturated/α-hetero) is 1. The minimum atomic E-state index is -0.408. The zero-order valence-corrected chi connectivity index (χ0v) is 13.6. The quantitative estimate of drug-likeness (QED) is 0.844. The molecular weight excluding hydrogens is 306 g/mol. The molecule has 1 fully saturated rings. The van der Waals surface area contributed by atoms with Crippen LogP contribution in [0, 0.1) is 5.92 Å². The third-order valence-corrected chi connectivity index (χ3v) is 4.25. The largest absolute Gasteiger partial charge is 0.449 e. The van der Waals surface area contributed by atoms with Gasteiger partial charge in [-0.2, -0.15) is 0 Å². The second kappa shape index (κ2) is 7.31. The summed E-state index contributed by atoms with van der Waals surface area (Å²) in [6.07, 6.45) is 3.24. The van der Waals surface area contributed by atoms with Gasteiger partial charge in [-0.1, -0.05) is 12.1 Å². The molecule has 0 atom stereocenters. The van der Waals surface area contributed by atoms with Gasteiger partial charge >= 0.3 is 6.03 Å². The molecule has 0 bridgehead atoms. The van der Waals surface area contributed by atoms with E-state index in [-0.39, 0.29) is 11.7 Å². The number of likely N-dealkylation sites (tertiary alicyclic amines) is 1. The van der Waals surface area contributed by atoms with Crippen LogP contribution in [0.15, 0.2) is 47.1 Å². The maximum absolute atomic E-state index is 12.6. The number of rotatable bonds is 4. The first-order valence-corrected chi connectivity index (χ1v) is 8.06. The van der Waals surface area contributed by atoms with Gasteiger partial charge in [0.25, 0.3) is 0 Å². The number of piperidine rings is 1. The SMILES string of the molecule is CN1CCC(C(=O)c2cccc(NC(=O)Nc3ccco3)c2)CC1. The third-order valence-electron chi connectivity index (χ3n) is 4.25. The highest BCUT2D eigenvalue weighted by molar-refractivity contribution is 6.02. The van der Waals surface area contributed by atoms with E-state index in [1.165, 1.54) is 6.26 Å². The van der Waals surface area contributed by atoms with Gasteiger partial charge in [-0.05, 0) is 51.2 Å². The fourth-order valence-corrected chi connectivity index (χ4v) is 2.88. The van der Waals surface area contributed by atoms with Gasteiger partial charge in [0.05, 0.1) is 6.26 Å². The Morgan fingerprint density at radius 3 is 2.62 bits per heavy atom. The van der Waals surface area contributed by atoms with Crippen molar-refractivity contribution < 1.29 is 14.0 Å². The van der Waals surface area contributed by atoms with Crippen LogP contribution in [0.4, 0.5) is 16.4 Å². The van der Waals surface area contributed by atoms with Crippen LogP contribution in [0.2, 0.25) is 0 Å². The van der Waals surface area contributed by atoms with Crippen LogP contribution in [-0.4, -0.2) is 36.9 Å². The van der Waals surface area contributed by atoms with Gasteiger partial charge in [0.1, 0.15) is 0 Å². The first-order valence-electron chi connectivity index (χ1n) is 8.06. The van der Waals surface area contributed by atoms with Crippen LogP contribution in [0.25, 0.3) is 0 Å². The lowest BCUT2D eigenvalue weighted by atomic mass is 9.89. The van der Waals surface area contributed by atoms with E-state index >= 15 is 0 Å². The number of benzene rings is 1. The summed E-state index contributed by atoms with van der Waals surface area (Å²) >= 11 is 0. The van der Waals surface area contributed by atoms with Gasteiger partial charge in [0.2, 0.25) is 5.88 Å². The van der Waals surface area contributed by atoms with Crippen LogP contribution in [0.1, 0.15) is 23.2 Å². The number of hydrogen-bond donors (Lipinski definition) is 2. The Morgan fingerprint density at radius 1 is 1.12 bits per heavy atom. The minimum absolute atomic E-state index is 0.0633. The van der Waals surface area contributed by atoms with E-state index in [4.69, 9.17) is 4.42 Å². The molecule has 1 aromatic carbocycles. The average molecular weight is 327 g/mol. The van der Waals surface area contributed by atoms with Gasteiger partial charge in [0, 0.05) is 23.2 Å². The number of furan rings is 1. The lowest BCUT2D eigenvalue weighted by molar-refractivity contribution is 0.0857. The zero-order valence-electron chi connectivity index (χ0n) is 13.6. The van der Waals surface area contributed by atoms with E-state index in [1.54, 1.807) is 36.4 Å². The van der Waals surface area contributed by atoms with E-state index in [1.807, 2.05) is 0 Å². The molecule has 126 valence electrons. The molecular formula is C18H21N3O3. The molecule has 1 saturated heterocycles. The molecule has 0 saturated carbocycles. The standard InChI is InChI=1S/C18H21N3O3/c1-21-9-7-13(8-10-21)17(22)14-4-2-5-15(12-14)19-18(23)20-16-6-3-11-24-16/h2-6,11-13H,7-10H2,1H3,(H2,19,20,23). The van der Waals surface area contributed by atoms with Gasteiger partial charge in [-0.3, -0.25) is 10.1 Å². The highest BCUT2D eigenvalue weighted by Gasteiger charge is 2.24. The van der Waals surface area contributed by atoms with E-state index in [0.29, 0.717) is 17.1 Å². The predicted octanol–water partition coefficient (Wildman–Crippen LogP) is 3.45. The third kappa shape index (κ3) is 4.02. The van der Waals surface area contributed by atoms with Gasteiger partial charge in [0.15, 0.2) is 5.78 Å². The van der Waals surface area contributed by atoms with Crippen LogP contribution in [0.3, 0.4) is 0 Å². The Hall–Kier alpha value is -2.60. The second-order valence-electron chi connectivity index (χ2n) is 6.08. The molecule has 0 unspecified atom stereocenters. The van der Waals surface area contributed by atoms with Crippen LogP contribution in [-0.2, 0) is 0 Å². The van der Waals surface area contributed by atoms with E-state index in [0.717, 1.165) is 25.9 Å². The summed E-state index contributed by atoms with van der Waals surface area (Å²) in [6.45, 7) is 1.89. The summed E-state index contributed by atoms with van der Waals surface area (Å²) in [5.74, 6) is 0.581. The number of carbonyl (C=O) groups excluding carboxylic acids is 2. The topological polar surface area (TPSA) is 74.6 Å². The number of nitrogens with one attached hydrogen (secondary N) is 2. The molecule has 2 N–H and O–H groups in total. The van der Waals surface area contributed by atoms with E-state index in [9.17, 15) is 9.59 Å². The maximum Gasteiger partial charge on any atom is 0.326 e. The van der Waals surface area contributed by atoms with E-state index in [2.05, 4.69) is 22.6 Å². The molecule has 3 rings (SSSR count). The number of urea groups is 1. The number of ketones is 1. The highest BCUT2D eigenvalue weighted by atomic mass is 16.3. The molecule has 1 aliphatic heterocycles. The van der Waals surface area contributed by atoms with Crippen LogP contribution < -0.4 is 10.6 Å². The normalized spacial score (nSPS) is 15.9. The second-order valence-corrected chi connectivity index (χ2v) is 6.08. The molecule has 0 radical (unpaired) electrons. The smallest absolute Gasteiger partial charge is 0.326 e. The van der Waals surface area contributed by atoms with Crippen molar-refractivity contribution in [3.8, 4) is 0 Å². The summed E-state index contributed by atoms with van der Waals surface area (Å²) in [4.78, 5) is 26.8. The Bertz CT molecular complexity index is 704. The molecule has 0 spiro atoms. The first-order chi connectivity index (χ1) is 11.6. The molecule has 24 heavy (non-hydrogen) atoms. The highest BCUT2D eigenvalue weighted by Crippen LogP contribution is 2.22. The van der Waals surface area contributed by atoms with Crippen molar-refractivity contribution in [2.24, 2.45) is 5.92 Å². The summed E-state index contributed by atoms with van der Waals surface area (Å²) in [5, 5.41) is 5.30. The summed E-state index contributed by atoms with van der Waals surface area (Å²) in [5.41, 5.74) is 1.22. The minimum Gasteiger partial charge on any atom is -0.449 e. The van der Waals surface area contributed by atoms with Crippen molar-refractivity contribution >= 4 is 23.4 Å².